The highest BCUT2D eigenvalue weighted by atomic mass is 32.1. The number of nitrogens with zero attached hydrogens (tertiary/aromatic N) is 1. The van der Waals surface area contributed by atoms with E-state index in [2.05, 4.69) is 64.4 Å². The van der Waals surface area contributed by atoms with Crippen molar-refractivity contribution in [2.45, 2.75) is 26.3 Å². The zero-order valence-corrected chi connectivity index (χ0v) is 13.8. The Morgan fingerprint density at radius 2 is 2.10 bits per heavy atom. The van der Waals surface area contributed by atoms with Crippen LogP contribution in [0.4, 0.5) is 5.69 Å². The summed E-state index contributed by atoms with van der Waals surface area (Å²) in [6, 6.07) is 13.2. The van der Waals surface area contributed by atoms with Crippen LogP contribution in [0, 0.1) is 6.92 Å². The number of thiazole rings is 1. The number of benzene rings is 1. The fourth-order valence-electron chi connectivity index (χ4n) is 2.33. The number of hydrogen-bond donors (Lipinski definition) is 1. The van der Waals surface area contributed by atoms with Gasteiger partial charge in [0, 0.05) is 21.5 Å². The third kappa shape index (κ3) is 3.34. The van der Waals surface area contributed by atoms with Crippen molar-refractivity contribution in [2.24, 2.45) is 0 Å². The van der Waals surface area contributed by atoms with E-state index in [1.807, 2.05) is 6.92 Å². The molecule has 2 aromatic heterocycles. The van der Waals surface area contributed by atoms with Crippen LogP contribution in [0.3, 0.4) is 0 Å². The molecule has 3 aromatic rings. The first kappa shape index (κ1) is 14.3. The van der Waals surface area contributed by atoms with E-state index in [-0.39, 0.29) is 0 Å². The Kier molecular flexibility index (Phi) is 4.36. The number of nitrogens with one attached hydrogen (secondary N) is 1. The molecular formula is C17H18N2S2. The van der Waals surface area contributed by atoms with Gasteiger partial charge in [-0.1, -0.05) is 25.1 Å². The Morgan fingerprint density at radius 1 is 1.19 bits per heavy atom. The molecule has 0 radical (unpaired) electrons. The zero-order chi connectivity index (χ0) is 14.7. The predicted octanol–water partition coefficient (Wildman–Crippen LogP) is 5.74. The minimum absolute atomic E-state index is 0.373. The molecule has 0 spiro atoms. The van der Waals surface area contributed by atoms with Gasteiger partial charge in [-0.05, 0) is 36.9 Å². The lowest BCUT2D eigenvalue weighted by Gasteiger charge is -2.17. The van der Waals surface area contributed by atoms with Gasteiger partial charge in [0.15, 0.2) is 0 Å². The first-order valence-electron chi connectivity index (χ1n) is 7.08. The molecule has 0 aliphatic carbocycles. The van der Waals surface area contributed by atoms with Gasteiger partial charge in [-0.2, -0.15) is 0 Å². The highest BCUT2D eigenvalue weighted by molar-refractivity contribution is 7.10. The van der Waals surface area contributed by atoms with Crippen molar-refractivity contribution in [3.63, 3.8) is 0 Å². The first-order valence-corrected chi connectivity index (χ1v) is 8.84. The fraction of sp³-hybridized carbons (Fsp3) is 0.235. The van der Waals surface area contributed by atoms with Crippen LogP contribution < -0.4 is 5.32 Å². The van der Waals surface area contributed by atoms with E-state index in [1.165, 1.54) is 10.4 Å². The van der Waals surface area contributed by atoms with Crippen LogP contribution in [-0.4, -0.2) is 4.98 Å². The third-order valence-corrected chi connectivity index (χ3v) is 5.17. The highest BCUT2D eigenvalue weighted by Crippen LogP contribution is 2.29. The summed E-state index contributed by atoms with van der Waals surface area (Å²) in [6.07, 6.45) is 1.07. The van der Waals surface area contributed by atoms with Crippen molar-refractivity contribution >= 4 is 28.4 Å². The molecule has 0 aliphatic rings. The lowest BCUT2D eigenvalue weighted by atomic mass is 10.1. The summed E-state index contributed by atoms with van der Waals surface area (Å²) in [6.45, 7) is 4.26. The number of rotatable bonds is 5. The Bertz CT molecular complexity index is 701. The molecule has 0 amide bonds. The molecule has 0 fully saturated rings. The van der Waals surface area contributed by atoms with Gasteiger partial charge >= 0.3 is 0 Å². The van der Waals surface area contributed by atoms with Crippen LogP contribution in [0.15, 0.2) is 47.2 Å². The van der Waals surface area contributed by atoms with Gasteiger partial charge in [0.05, 0.1) is 16.7 Å². The van der Waals surface area contributed by atoms with Gasteiger partial charge < -0.3 is 5.32 Å². The highest BCUT2D eigenvalue weighted by Gasteiger charge is 2.10. The smallest absolute Gasteiger partial charge is 0.0901 e. The monoisotopic (exact) mass is 314 g/mol. The van der Waals surface area contributed by atoms with E-state index in [0.29, 0.717) is 6.04 Å². The van der Waals surface area contributed by atoms with E-state index in [9.17, 15) is 0 Å². The van der Waals surface area contributed by atoms with E-state index < -0.39 is 0 Å². The number of hydrogen-bond acceptors (Lipinski definition) is 4. The predicted molar refractivity (Wildman–Crippen MR) is 93.3 cm³/mol. The third-order valence-electron chi connectivity index (χ3n) is 3.41. The zero-order valence-electron chi connectivity index (χ0n) is 12.2. The molecule has 0 saturated carbocycles. The first-order chi connectivity index (χ1) is 10.3. The molecule has 0 saturated heterocycles. The maximum atomic E-state index is 4.56. The minimum atomic E-state index is 0.373. The molecule has 1 atom stereocenters. The molecule has 1 aromatic carbocycles. The molecule has 0 bridgehead atoms. The summed E-state index contributed by atoms with van der Waals surface area (Å²) in [4.78, 5) is 5.95. The van der Waals surface area contributed by atoms with Crippen LogP contribution in [0.25, 0.3) is 11.3 Å². The average molecular weight is 314 g/mol. The Morgan fingerprint density at radius 3 is 2.76 bits per heavy atom. The molecule has 1 N–H and O–H groups in total. The molecule has 21 heavy (non-hydrogen) atoms. The Hall–Kier alpha value is -1.65. The SMILES string of the molecule is CCC(Nc1cccc(-c2csc(C)n2)c1)c1cccs1. The molecule has 1 unspecified atom stereocenters. The topological polar surface area (TPSA) is 24.9 Å². The Balaban J connectivity index is 1.83. The minimum Gasteiger partial charge on any atom is -0.377 e. The van der Waals surface area contributed by atoms with E-state index in [4.69, 9.17) is 0 Å². The van der Waals surface area contributed by atoms with Crippen molar-refractivity contribution in [1.29, 1.82) is 0 Å². The quantitative estimate of drug-likeness (QED) is 0.649. The number of aromatic nitrogens is 1. The van der Waals surface area contributed by atoms with E-state index in [0.717, 1.165) is 22.8 Å². The molecule has 0 aliphatic heterocycles. The molecule has 4 heteroatoms. The van der Waals surface area contributed by atoms with Gasteiger partial charge in [0.1, 0.15) is 0 Å². The van der Waals surface area contributed by atoms with Crippen molar-refractivity contribution in [2.75, 3.05) is 5.32 Å². The van der Waals surface area contributed by atoms with Crippen LogP contribution in [0.5, 0.6) is 0 Å². The summed E-state index contributed by atoms with van der Waals surface area (Å²) in [7, 11) is 0. The second-order valence-corrected chi connectivity index (χ2v) is 6.99. The average Bonchev–Trinajstić information content (AvgIpc) is 3.16. The summed E-state index contributed by atoms with van der Waals surface area (Å²) >= 11 is 3.50. The van der Waals surface area contributed by atoms with Crippen molar-refractivity contribution < 1.29 is 0 Å². The van der Waals surface area contributed by atoms with E-state index in [1.54, 1.807) is 22.7 Å². The van der Waals surface area contributed by atoms with Crippen LogP contribution in [0.2, 0.25) is 0 Å². The van der Waals surface area contributed by atoms with Crippen LogP contribution >= 0.6 is 22.7 Å². The number of thiophene rings is 1. The maximum Gasteiger partial charge on any atom is 0.0901 e. The van der Waals surface area contributed by atoms with Crippen LogP contribution in [-0.2, 0) is 0 Å². The van der Waals surface area contributed by atoms with E-state index >= 15 is 0 Å². The summed E-state index contributed by atoms with van der Waals surface area (Å²) in [5.74, 6) is 0. The lowest BCUT2D eigenvalue weighted by Crippen LogP contribution is -2.07. The number of aryl methyl sites for hydroxylation is 1. The van der Waals surface area contributed by atoms with Gasteiger partial charge in [-0.25, -0.2) is 4.98 Å². The van der Waals surface area contributed by atoms with Crippen molar-refractivity contribution in [3.05, 3.63) is 57.0 Å². The van der Waals surface area contributed by atoms with Gasteiger partial charge in [0.2, 0.25) is 0 Å². The standard InChI is InChI=1S/C17H18N2S2/c1-3-15(17-8-5-9-20-17)19-14-7-4-6-13(10-14)16-11-21-12(2)18-16/h4-11,15,19H,3H2,1-2H3. The second-order valence-electron chi connectivity index (χ2n) is 4.95. The summed E-state index contributed by atoms with van der Waals surface area (Å²) in [5, 5.41) is 8.99. The van der Waals surface area contributed by atoms with Gasteiger partial charge in [-0.15, -0.1) is 22.7 Å². The molecule has 2 nitrogen and oxygen atoms in total. The summed E-state index contributed by atoms with van der Waals surface area (Å²) in [5.41, 5.74) is 3.38. The van der Waals surface area contributed by atoms with Crippen molar-refractivity contribution in [1.82, 2.24) is 4.98 Å². The normalized spacial score (nSPS) is 12.3. The second kappa shape index (κ2) is 6.41. The van der Waals surface area contributed by atoms with Crippen molar-refractivity contribution in [3.8, 4) is 11.3 Å². The maximum absolute atomic E-state index is 4.56. The molecule has 3 rings (SSSR count). The Labute approximate surface area is 133 Å². The molecule has 108 valence electrons. The fourth-order valence-corrected chi connectivity index (χ4v) is 3.81. The lowest BCUT2D eigenvalue weighted by molar-refractivity contribution is 0.764. The van der Waals surface area contributed by atoms with Gasteiger partial charge in [0.25, 0.3) is 0 Å². The molecular weight excluding hydrogens is 296 g/mol. The number of anilines is 1. The van der Waals surface area contributed by atoms with Gasteiger partial charge in [-0.3, -0.25) is 0 Å². The van der Waals surface area contributed by atoms with Crippen LogP contribution in [0.1, 0.15) is 29.3 Å². The largest absolute Gasteiger partial charge is 0.377 e. The summed E-state index contributed by atoms with van der Waals surface area (Å²) < 4.78 is 0. The molecule has 2 heterocycles.